The standard InChI is InChI=1S/C14H18N2O4/c17-12-3-1-2-11(16-12)13(18)15-8-9-4-6-10(7-5-9)14(19)20/h1-3,9-10H,4-8H2,(H,15,18)(H,16,17)(H,19,20). The van der Waals surface area contributed by atoms with E-state index in [9.17, 15) is 14.4 Å². The molecule has 108 valence electrons. The molecule has 0 aliphatic heterocycles. The van der Waals surface area contributed by atoms with Crippen molar-refractivity contribution in [2.45, 2.75) is 25.7 Å². The van der Waals surface area contributed by atoms with Gasteiger partial charge >= 0.3 is 5.97 Å². The summed E-state index contributed by atoms with van der Waals surface area (Å²) in [4.78, 5) is 36.3. The fraction of sp³-hybridized carbons (Fsp3) is 0.500. The molecule has 1 aliphatic carbocycles. The normalized spacial score (nSPS) is 22.2. The van der Waals surface area contributed by atoms with Gasteiger partial charge in [0.25, 0.3) is 5.91 Å². The highest BCUT2D eigenvalue weighted by Crippen LogP contribution is 2.28. The third-order valence-corrected chi connectivity index (χ3v) is 3.76. The number of nitrogens with one attached hydrogen (secondary N) is 2. The van der Waals surface area contributed by atoms with Crippen molar-refractivity contribution in [1.29, 1.82) is 0 Å². The molecule has 0 radical (unpaired) electrons. The average molecular weight is 278 g/mol. The zero-order valence-corrected chi connectivity index (χ0v) is 11.1. The van der Waals surface area contributed by atoms with E-state index in [1.54, 1.807) is 6.07 Å². The summed E-state index contributed by atoms with van der Waals surface area (Å²) in [6, 6.07) is 4.44. The Labute approximate surface area is 116 Å². The van der Waals surface area contributed by atoms with E-state index in [0.29, 0.717) is 25.3 Å². The van der Waals surface area contributed by atoms with Crippen molar-refractivity contribution >= 4 is 11.9 Å². The highest BCUT2D eigenvalue weighted by atomic mass is 16.4. The fourth-order valence-corrected chi connectivity index (χ4v) is 2.53. The molecule has 2 rings (SSSR count). The van der Waals surface area contributed by atoms with Gasteiger partial charge in [-0.2, -0.15) is 0 Å². The molecule has 1 heterocycles. The molecule has 20 heavy (non-hydrogen) atoms. The molecule has 0 atom stereocenters. The number of aliphatic carboxylic acids is 1. The Morgan fingerprint density at radius 3 is 2.55 bits per heavy atom. The number of amides is 1. The molecular formula is C14H18N2O4. The number of hydrogen-bond donors (Lipinski definition) is 3. The van der Waals surface area contributed by atoms with Crippen molar-refractivity contribution in [3.63, 3.8) is 0 Å². The van der Waals surface area contributed by atoms with Crippen LogP contribution in [-0.2, 0) is 4.79 Å². The maximum atomic E-state index is 11.8. The van der Waals surface area contributed by atoms with Gasteiger partial charge in [0.05, 0.1) is 5.92 Å². The first kappa shape index (κ1) is 14.3. The second-order valence-corrected chi connectivity index (χ2v) is 5.19. The van der Waals surface area contributed by atoms with Crippen LogP contribution in [0.25, 0.3) is 0 Å². The number of pyridine rings is 1. The molecule has 6 heteroatoms. The van der Waals surface area contributed by atoms with E-state index in [1.807, 2.05) is 0 Å². The van der Waals surface area contributed by atoms with Gasteiger partial charge in [-0.05, 0) is 37.7 Å². The van der Waals surface area contributed by atoms with Crippen molar-refractivity contribution in [1.82, 2.24) is 10.3 Å². The van der Waals surface area contributed by atoms with Crippen LogP contribution in [0.5, 0.6) is 0 Å². The number of aromatic nitrogens is 1. The summed E-state index contributed by atoms with van der Waals surface area (Å²) >= 11 is 0. The predicted molar refractivity (Wildman–Crippen MR) is 72.5 cm³/mol. The molecule has 6 nitrogen and oxygen atoms in total. The molecule has 1 amide bonds. The highest BCUT2D eigenvalue weighted by molar-refractivity contribution is 5.92. The lowest BCUT2D eigenvalue weighted by Crippen LogP contribution is -2.33. The third-order valence-electron chi connectivity index (χ3n) is 3.76. The summed E-state index contributed by atoms with van der Waals surface area (Å²) < 4.78 is 0. The number of carbonyl (C=O) groups is 2. The fourth-order valence-electron chi connectivity index (χ4n) is 2.53. The van der Waals surface area contributed by atoms with E-state index in [2.05, 4.69) is 10.3 Å². The lowest BCUT2D eigenvalue weighted by Gasteiger charge is -2.26. The van der Waals surface area contributed by atoms with Gasteiger partial charge in [0.15, 0.2) is 0 Å². The topological polar surface area (TPSA) is 99.3 Å². The van der Waals surface area contributed by atoms with Crippen LogP contribution < -0.4 is 10.9 Å². The maximum absolute atomic E-state index is 11.8. The van der Waals surface area contributed by atoms with Crippen LogP contribution in [0.4, 0.5) is 0 Å². The Morgan fingerprint density at radius 2 is 1.95 bits per heavy atom. The largest absolute Gasteiger partial charge is 0.481 e. The number of carboxylic acid groups (broad SMARTS) is 1. The summed E-state index contributed by atoms with van der Waals surface area (Å²) in [5.74, 6) is -0.963. The minimum absolute atomic E-state index is 0.243. The first-order valence-corrected chi connectivity index (χ1v) is 6.76. The van der Waals surface area contributed by atoms with Gasteiger partial charge in [-0.15, -0.1) is 0 Å². The van der Waals surface area contributed by atoms with Gasteiger partial charge in [0.1, 0.15) is 5.69 Å². The summed E-state index contributed by atoms with van der Waals surface area (Å²) in [6.07, 6.45) is 2.95. The quantitative estimate of drug-likeness (QED) is 0.765. The van der Waals surface area contributed by atoms with E-state index in [0.717, 1.165) is 12.8 Å². The van der Waals surface area contributed by atoms with E-state index in [-0.39, 0.29) is 23.1 Å². The lowest BCUT2D eigenvalue weighted by molar-refractivity contribution is -0.143. The van der Waals surface area contributed by atoms with Gasteiger partial charge in [-0.1, -0.05) is 6.07 Å². The zero-order chi connectivity index (χ0) is 14.5. The van der Waals surface area contributed by atoms with Crippen LogP contribution in [-0.4, -0.2) is 28.5 Å². The molecule has 1 fully saturated rings. The van der Waals surface area contributed by atoms with Crippen molar-refractivity contribution in [3.05, 3.63) is 34.2 Å². The van der Waals surface area contributed by atoms with Gasteiger partial charge < -0.3 is 15.4 Å². The van der Waals surface area contributed by atoms with Crippen molar-refractivity contribution in [2.75, 3.05) is 6.54 Å². The van der Waals surface area contributed by atoms with Gasteiger partial charge in [0.2, 0.25) is 5.56 Å². The second-order valence-electron chi connectivity index (χ2n) is 5.19. The average Bonchev–Trinajstić information content (AvgIpc) is 2.45. The Hall–Kier alpha value is -2.11. The smallest absolute Gasteiger partial charge is 0.306 e. The zero-order valence-electron chi connectivity index (χ0n) is 11.1. The van der Waals surface area contributed by atoms with Crippen molar-refractivity contribution < 1.29 is 14.7 Å². The first-order chi connectivity index (χ1) is 9.56. The number of hydrogen-bond acceptors (Lipinski definition) is 3. The summed E-state index contributed by atoms with van der Waals surface area (Å²) in [7, 11) is 0. The first-order valence-electron chi connectivity index (χ1n) is 6.76. The SMILES string of the molecule is O=C(NCC1CCC(C(=O)O)CC1)c1cccc(=O)[nH]1. The highest BCUT2D eigenvalue weighted by Gasteiger charge is 2.26. The number of aromatic amines is 1. The molecule has 0 spiro atoms. The van der Waals surface area contributed by atoms with Crippen LogP contribution in [0.2, 0.25) is 0 Å². The third kappa shape index (κ3) is 3.69. The minimum atomic E-state index is -0.727. The molecule has 1 saturated carbocycles. The number of carboxylic acids is 1. The summed E-state index contributed by atoms with van der Waals surface area (Å²) in [5, 5.41) is 11.7. The van der Waals surface area contributed by atoms with E-state index in [1.165, 1.54) is 12.1 Å². The van der Waals surface area contributed by atoms with Gasteiger partial charge in [-0.3, -0.25) is 14.4 Å². The minimum Gasteiger partial charge on any atom is -0.481 e. The molecule has 1 aromatic rings. The molecule has 0 unspecified atom stereocenters. The molecule has 0 aromatic carbocycles. The van der Waals surface area contributed by atoms with E-state index in [4.69, 9.17) is 5.11 Å². The number of rotatable bonds is 4. The molecule has 1 aliphatic rings. The Kier molecular flexibility index (Phi) is 4.55. The lowest BCUT2D eigenvalue weighted by atomic mass is 9.82. The van der Waals surface area contributed by atoms with E-state index >= 15 is 0 Å². The predicted octanol–water partition coefficient (Wildman–Crippen LogP) is 0.996. The molecule has 0 bridgehead atoms. The summed E-state index contributed by atoms with van der Waals surface area (Å²) in [6.45, 7) is 0.516. The van der Waals surface area contributed by atoms with Crippen LogP contribution >= 0.6 is 0 Å². The van der Waals surface area contributed by atoms with Crippen molar-refractivity contribution in [3.8, 4) is 0 Å². The molecule has 0 saturated heterocycles. The second kappa shape index (κ2) is 6.36. The van der Waals surface area contributed by atoms with Gasteiger partial charge in [-0.25, -0.2) is 0 Å². The van der Waals surface area contributed by atoms with E-state index < -0.39 is 5.97 Å². The van der Waals surface area contributed by atoms with Crippen LogP contribution in [0.3, 0.4) is 0 Å². The van der Waals surface area contributed by atoms with Crippen molar-refractivity contribution in [2.24, 2.45) is 11.8 Å². The van der Waals surface area contributed by atoms with Crippen LogP contribution in [0.15, 0.2) is 23.0 Å². The number of carbonyl (C=O) groups excluding carboxylic acids is 1. The Morgan fingerprint density at radius 1 is 1.25 bits per heavy atom. The van der Waals surface area contributed by atoms with Crippen LogP contribution in [0, 0.1) is 11.8 Å². The van der Waals surface area contributed by atoms with Gasteiger partial charge in [0, 0.05) is 12.6 Å². The maximum Gasteiger partial charge on any atom is 0.306 e. The Bertz CT molecular complexity index is 544. The molecule has 1 aromatic heterocycles. The molecular weight excluding hydrogens is 260 g/mol. The Balaban J connectivity index is 1.80. The number of H-pyrrole nitrogens is 1. The summed E-state index contributed by atoms with van der Waals surface area (Å²) in [5.41, 5.74) is -0.0589. The van der Waals surface area contributed by atoms with Crippen LogP contribution in [0.1, 0.15) is 36.2 Å². The molecule has 3 N–H and O–H groups in total. The monoisotopic (exact) mass is 278 g/mol.